The Labute approximate surface area is 311 Å². The van der Waals surface area contributed by atoms with Crippen LogP contribution < -0.4 is 11.1 Å². The smallest absolute Gasteiger partial charge is 0.287 e. The van der Waals surface area contributed by atoms with Gasteiger partial charge in [-0.1, -0.05) is 53.2 Å². The van der Waals surface area contributed by atoms with E-state index in [9.17, 15) is 27.2 Å². The van der Waals surface area contributed by atoms with Crippen LogP contribution in [0.3, 0.4) is 0 Å². The third kappa shape index (κ3) is 8.67. The molecule has 7 aromatic rings. The van der Waals surface area contributed by atoms with Gasteiger partial charge < -0.3 is 19.3 Å². The second kappa shape index (κ2) is 16.7. The fraction of sp³-hybridized carbons (Fsp3) is 0.0625. The van der Waals surface area contributed by atoms with Crippen molar-refractivity contribution in [3.05, 3.63) is 152 Å². The molecule has 2 aromatic carbocycles. The van der Waals surface area contributed by atoms with E-state index in [4.69, 9.17) is 12.4 Å². The Morgan fingerprint density at radius 1 is 0.745 bits per heavy atom. The molecule has 252 valence electrons. The summed E-state index contributed by atoms with van der Waals surface area (Å²) in [5.41, 5.74) is 0.458. The normalized spacial score (nSPS) is 10.5. The van der Waals surface area contributed by atoms with Crippen molar-refractivity contribution in [1.29, 1.82) is 1.34 Å². The molecule has 5 aromatic heterocycles. The predicted octanol–water partition coefficient (Wildman–Crippen LogP) is 4.48. The van der Waals surface area contributed by atoms with Crippen molar-refractivity contribution in [3.8, 4) is 34.4 Å². The fourth-order valence-corrected chi connectivity index (χ4v) is 4.53. The molecule has 0 unspecified atom stereocenters. The minimum atomic E-state index is -1.01. The third-order valence-corrected chi connectivity index (χ3v) is 6.91. The van der Waals surface area contributed by atoms with E-state index in [1.54, 1.807) is 48.5 Å². The van der Waals surface area contributed by atoms with Crippen molar-refractivity contribution in [2.24, 2.45) is 0 Å². The van der Waals surface area contributed by atoms with Crippen molar-refractivity contribution >= 4 is 14.2 Å². The van der Waals surface area contributed by atoms with Gasteiger partial charge in [0, 0.05) is 56.7 Å². The standard InChI is InChI=1S/C17H11F2N5O2.C15H9F2N5O.BH.U/c18-11-4-2-1-3-10(11)9-24-15(13-5-6-26-23-13)7-14(22-24)16-20-8-12(19)17(25)21-16;1-18-13-6-12(14-19-7-11(17)15(23)20-14)21-22(13)8-9-4-2-3-5-10(9)16;;/h1-8H,9H2,(H,20,21,25);2-7H,8H2,(H,19,20,23);1H;/i;;1D;. The molecule has 2 N–H and O–H groups in total. The van der Waals surface area contributed by atoms with Crippen LogP contribution >= 0.6 is 0 Å². The molecular weight excluding hydrogens is 897 g/mol. The predicted molar refractivity (Wildman–Crippen MR) is 172 cm³/mol. The summed E-state index contributed by atoms with van der Waals surface area (Å²) in [5, 5.41) is 12.4. The Kier molecular flexibility index (Phi) is 11.9. The molecule has 0 aliphatic heterocycles. The van der Waals surface area contributed by atoms with E-state index in [1.165, 1.54) is 33.8 Å². The minimum Gasteiger partial charge on any atom is -0.364 e. The number of H-pyrrole nitrogens is 2. The SMILES string of the molecule is O=c1[nH]c(-c2cc(-c3ccon3)n(Cc3ccccc3F)n2)ncc1F.[2H][B].[C-]#[N+]c1cc(-c2ncc(F)c(=O)[nH]2)nn1Cc1ccccc1F.[U]. The zero-order chi connectivity index (χ0) is 36.5. The van der Waals surface area contributed by atoms with Gasteiger partial charge >= 0.3 is 0 Å². The molecule has 5 heterocycles. The van der Waals surface area contributed by atoms with E-state index >= 15 is 0 Å². The molecule has 7 rings (SSSR count). The van der Waals surface area contributed by atoms with E-state index in [2.05, 4.69) is 48.5 Å². The van der Waals surface area contributed by atoms with Gasteiger partial charge in [0.1, 0.15) is 41.5 Å². The Morgan fingerprint density at radius 3 is 1.75 bits per heavy atom. The largest absolute Gasteiger partial charge is 0.364 e. The van der Waals surface area contributed by atoms with Crippen molar-refractivity contribution in [1.82, 2.24) is 44.7 Å². The molecule has 2 radical (unpaired) electrons. The first kappa shape index (κ1) is 36.4. The maximum absolute atomic E-state index is 14.0. The zero-order valence-electron chi connectivity index (χ0n) is 26.9. The summed E-state index contributed by atoms with van der Waals surface area (Å²) in [4.78, 5) is 38.2. The van der Waals surface area contributed by atoms with Crippen molar-refractivity contribution in [3.63, 3.8) is 0 Å². The summed E-state index contributed by atoms with van der Waals surface area (Å²) >= 11 is 0. The quantitative estimate of drug-likeness (QED) is 0.135. The van der Waals surface area contributed by atoms with Gasteiger partial charge in [0.2, 0.25) is 11.6 Å². The molecule has 0 amide bonds. The molecule has 0 atom stereocenters. The van der Waals surface area contributed by atoms with Crippen LogP contribution in [0, 0.1) is 61.0 Å². The summed E-state index contributed by atoms with van der Waals surface area (Å²) in [6, 6.07) is 17.1. The van der Waals surface area contributed by atoms with E-state index in [1.807, 2.05) is 0 Å². The molecule has 0 aliphatic carbocycles. The summed E-state index contributed by atoms with van der Waals surface area (Å²) in [7, 11) is 3.75. The van der Waals surface area contributed by atoms with E-state index in [0.29, 0.717) is 22.5 Å². The molecule has 13 nitrogen and oxygen atoms in total. The molecule has 0 saturated heterocycles. The van der Waals surface area contributed by atoms with Gasteiger partial charge in [0.15, 0.2) is 11.6 Å². The summed E-state index contributed by atoms with van der Waals surface area (Å²) in [6.07, 6.45) is 2.99. The monoisotopic (exact) mass is 919 g/mol. The number of hydrogen-bond donors (Lipinski definition) is 2. The Morgan fingerprint density at radius 2 is 1.25 bits per heavy atom. The molecule has 0 saturated carbocycles. The first-order valence-corrected chi connectivity index (χ1v) is 14.1. The molecule has 19 heteroatoms. The first-order chi connectivity index (χ1) is 24.7. The van der Waals surface area contributed by atoms with Crippen molar-refractivity contribution in [2.45, 2.75) is 13.1 Å². The van der Waals surface area contributed by atoms with Crippen LogP contribution in [-0.2, 0) is 13.1 Å². The molecule has 0 spiro atoms. The molecule has 0 bridgehead atoms. The number of benzene rings is 2. The number of aromatic nitrogens is 9. The van der Waals surface area contributed by atoms with Crippen LogP contribution in [0.5, 0.6) is 0 Å². The maximum Gasteiger partial charge on any atom is 0.287 e. The van der Waals surface area contributed by atoms with Crippen LogP contribution in [-0.4, -0.2) is 54.4 Å². The fourth-order valence-electron chi connectivity index (χ4n) is 4.53. The van der Waals surface area contributed by atoms with E-state index < -0.39 is 28.6 Å². The molecule has 0 fully saturated rings. The number of nitrogens with one attached hydrogen (secondary N) is 2. The minimum absolute atomic E-state index is 0. The zero-order valence-corrected chi connectivity index (χ0v) is 30.1. The van der Waals surface area contributed by atoms with Gasteiger partial charge in [-0.05, 0) is 25.6 Å². The van der Waals surface area contributed by atoms with E-state index in [0.717, 1.165) is 12.4 Å². The molecule has 0 aliphatic rings. The van der Waals surface area contributed by atoms with Gasteiger partial charge in [0.05, 0.1) is 24.6 Å². The average molecular weight is 919 g/mol. The number of rotatable bonds is 7. The molecular formula is C32H21BF4N10O3U. The summed E-state index contributed by atoms with van der Waals surface area (Å²) in [6.45, 7) is 7.35. The topological polar surface area (TPSA) is 158 Å². The van der Waals surface area contributed by atoms with Crippen LogP contribution in [0.4, 0.5) is 23.4 Å². The van der Waals surface area contributed by atoms with Gasteiger partial charge in [0.25, 0.3) is 16.9 Å². The Hall–Kier alpha value is -5.84. The third-order valence-electron chi connectivity index (χ3n) is 6.91. The van der Waals surface area contributed by atoms with Gasteiger partial charge in [-0.2, -0.15) is 18.6 Å². The summed E-state index contributed by atoms with van der Waals surface area (Å²) < 4.78 is 66.8. The van der Waals surface area contributed by atoms with Crippen molar-refractivity contribution < 1.29 is 53.2 Å². The first-order valence-electron chi connectivity index (χ1n) is 14.7. The average Bonchev–Trinajstić information content (AvgIpc) is 3.91. The second-order valence-electron chi connectivity index (χ2n) is 10.1. The number of nitrogens with zero attached hydrogens (tertiary/aromatic N) is 8. The number of halogens is 4. The summed E-state index contributed by atoms with van der Waals surface area (Å²) in [5.74, 6) is -2.50. The number of aromatic amines is 2. The van der Waals surface area contributed by atoms with Gasteiger partial charge in [-0.3, -0.25) is 14.3 Å². The van der Waals surface area contributed by atoms with Crippen LogP contribution in [0.25, 0.3) is 39.3 Å². The second-order valence-corrected chi connectivity index (χ2v) is 10.1. The van der Waals surface area contributed by atoms with Crippen LogP contribution in [0.1, 0.15) is 11.1 Å². The maximum atomic E-state index is 14.0. The van der Waals surface area contributed by atoms with Crippen molar-refractivity contribution in [2.75, 3.05) is 0 Å². The van der Waals surface area contributed by atoms with Gasteiger partial charge in [-0.15, -0.1) is 0 Å². The van der Waals surface area contributed by atoms with Crippen LogP contribution in [0.2, 0.25) is 0 Å². The Bertz CT molecular complexity index is 2450. The van der Waals surface area contributed by atoms with E-state index in [-0.39, 0.29) is 78.9 Å². The molecule has 51 heavy (non-hydrogen) atoms. The van der Waals surface area contributed by atoms with Gasteiger partial charge in [-0.25, -0.2) is 18.7 Å². The van der Waals surface area contributed by atoms with Crippen LogP contribution in [0.15, 0.2) is 99.5 Å². The number of hydrogen-bond acceptors (Lipinski definition) is 8. The Balaban J connectivity index is 0.000000220.